The van der Waals surface area contributed by atoms with E-state index in [0.717, 1.165) is 5.70 Å². The second-order valence-electron chi connectivity index (χ2n) is 4.56. The molecule has 3 nitrogen and oxygen atoms in total. The van der Waals surface area contributed by atoms with Crippen LogP contribution in [0.1, 0.15) is 26.3 Å². The monoisotopic (exact) mass is 275 g/mol. The number of ketones is 1. The number of nitrogens with one attached hydrogen (secondary N) is 1. The molecular formula is C16H18FNO2. The molecule has 1 atom stereocenters. The van der Waals surface area contributed by atoms with Gasteiger partial charge in [-0.3, -0.25) is 4.79 Å². The lowest BCUT2D eigenvalue weighted by molar-refractivity contribution is -0.112. The summed E-state index contributed by atoms with van der Waals surface area (Å²) in [4.78, 5) is 10.9. The number of allylic oxidation sites excluding steroid dienone is 2. The molecule has 106 valence electrons. The molecule has 0 fully saturated rings. The number of carbonyl (C=O) groups excluding carboxylic acids is 1. The van der Waals surface area contributed by atoms with Crippen molar-refractivity contribution in [3.05, 3.63) is 47.9 Å². The van der Waals surface area contributed by atoms with Crippen LogP contribution in [0, 0.1) is 17.9 Å². The van der Waals surface area contributed by atoms with Gasteiger partial charge in [0.2, 0.25) is 5.82 Å². The molecule has 0 aliphatic rings. The lowest BCUT2D eigenvalue weighted by atomic mass is 10.2. The zero-order valence-electron chi connectivity index (χ0n) is 11.9. The first-order valence-corrected chi connectivity index (χ1v) is 6.26. The van der Waals surface area contributed by atoms with Crippen molar-refractivity contribution in [3.63, 3.8) is 0 Å². The first-order valence-electron chi connectivity index (χ1n) is 6.26. The van der Waals surface area contributed by atoms with Gasteiger partial charge in [-0.15, -0.1) is 0 Å². The highest BCUT2D eigenvalue weighted by molar-refractivity contribution is 5.91. The molecule has 0 amide bonds. The Labute approximate surface area is 119 Å². The maximum Gasteiger partial charge on any atom is 0.215 e. The minimum Gasteiger partial charge on any atom is -0.485 e. The van der Waals surface area contributed by atoms with Gasteiger partial charge in [0.05, 0.1) is 6.54 Å². The first kappa shape index (κ1) is 15.8. The molecule has 0 aliphatic carbocycles. The van der Waals surface area contributed by atoms with Crippen LogP contribution in [0.3, 0.4) is 0 Å². The van der Waals surface area contributed by atoms with Gasteiger partial charge in [0.25, 0.3) is 0 Å². The van der Waals surface area contributed by atoms with Gasteiger partial charge in [-0.25, -0.2) is 0 Å². The molecule has 0 aromatic heterocycles. The Bertz CT molecular complexity index is 523. The number of rotatable bonds is 7. The topological polar surface area (TPSA) is 38.3 Å². The molecule has 0 heterocycles. The molecule has 0 spiro atoms. The lowest BCUT2D eigenvalue weighted by Gasteiger charge is -2.16. The summed E-state index contributed by atoms with van der Waals surface area (Å²) < 4.78 is 19.1. The minimum absolute atomic E-state index is 0.0861. The van der Waals surface area contributed by atoms with Gasteiger partial charge in [0.1, 0.15) is 6.10 Å². The molecular weight excluding hydrogens is 257 g/mol. The van der Waals surface area contributed by atoms with Gasteiger partial charge in [-0.1, -0.05) is 12.6 Å². The molecule has 0 unspecified atom stereocenters. The van der Waals surface area contributed by atoms with Gasteiger partial charge in [0, 0.05) is 11.3 Å². The fourth-order valence-corrected chi connectivity index (χ4v) is 1.39. The second-order valence-corrected chi connectivity index (χ2v) is 4.56. The van der Waals surface area contributed by atoms with E-state index >= 15 is 0 Å². The highest BCUT2D eigenvalue weighted by Gasteiger charge is 2.08. The van der Waals surface area contributed by atoms with E-state index in [-0.39, 0.29) is 17.6 Å². The zero-order chi connectivity index (χ0) is 15.1. The van der Waals surface area contributed by atoms with Gasteiger partial charge >= 0.3 is 0 Å². The summed E-state index contributed by atoms with van der Waals surface area (Å²) in [5, 5.41) is 3.02. The zero-order valence-corrected chi connectivity index (χ0v) is 11.9. The number of hydrogen-bond acceptors (Lipinski definition) is 3. The molecule has 0 bridgehead atoms. The molecule has 1 rings (SSSR count). The summed E-state index contributed by atoms with van der Waals surface area (Å²) in [5.74, 6) is -0.612. The maximum atomic E-state index is 13.6. The Morgan fingerprint density at radius 1 is 1.55 bits per heavy atom. The third-order valence-corrected chi connectivity index (χ3v) is 2.34. The van der Waals surface area contributed by atoms with Crippen LogP contribution >= 0.6 is 0 Å². The Kier molecular flexibility index (Phi) is 5.79. The minimum atomic E-state index is -0.604. The number of carbonyl (C=O) groups is 1. The van der Waals surface area contributed by atoms with Gasteiger partial charge in [-0.2, -0.15) is 4.39 Å². The van der Waals surface area contributed by atoms with E-state index in [0.29, 0.717) is 12.1 Å². The average Bonchev–Trinajstić information content (AvgIpc) is 2.37. The lowest BCUT2D eigenvalue weighted by Crippen LogP contribution is -2.27. The fraction of sp³-hybridized carbons (Fsp3) is 0.312. The molecule has 0 radical (unpaired) electrons. The van der Waals surface area contributed by atoms with Crippen molar-refractivity contribution in [2.75, 3.05) is 6.54 Å². The normalized spacial score (nSPS) is 11.8. The average molecular weight is 275 g/mol. The molecule has 1 aromatic rings. The molecule has 0 aliphatic heterocycles. The van der Waals surface area contributed by atoms with E-state index in [9.17, 15) is 9.18 Å². The fourth-order valence-electron chi connectivity index (χ4n) is 1.39. The molecule has 0 saturated carbocycles. The van der Waals surface area contributed by atoms with Crippen molar-refractivity contribution in [1.82, 2.24) is 5.32 Å². The Balaban J connectivity index is 2.75. The largest absolute Gasteiger partial charge is 0.485 e. The number of hydrogen-bond donors (Lipinski definition) is 1. The maximum absolute atomic E-state index is 13.6. The molecule has 20 heavy (non-hydrogen) atoms. The van der Waals surface area contributed by atoms with Gasteiger partial charge < -0.3 is 10.1 Å². The summed E-state index contributed by atoms with van der Waals surface area (Å²) in [7, 11) is 0. The molecule has 4 heteroatoms. The van der Waals surface area contributed by atoms with Crippen molar-refractivity contribution in [2.45, 2.75) is 26.9 Å². The Morgan fingerprint density at radius 2 is 2.25 bits per heavy atom. The van der Waals surface area contributed by atoms with E-state index in [2.05, 4.69) is 24.0 Å². The standard InChI is InChI=1S/C16H18FNO2/c1-11(2)18-10-13(4)20-16-9-14(6-5-12(3)19)7-8-15(16)17/h5-6,9,13,18H,1,10H2,2-4H3/b6-5+/t13-/m0/s1. The highest BCUT2D eigenvalue weighted by atomic mass is 19.1. The van der Waals surface area contributed by atoms with Crippen molar-refractivity contribution in [3.8, 4) is 5.75 Å². The van der Waals surface area contributed by atoms with E-state index in [1.165, 1.54) is 19.1 Å². The summed E-state index contributed by atoms with van der Waals surface area (Å²) in [6.07, 6.45) is 2.69. The van der Waals surface area contributed by atoms with Crippen LogP contribution in [0.2, 0.25) is 0 Å². The predicted molar refractivity (Wildman–Crippen MR) is 76.7 cm³/mol. The predicted octanol–water partition coefficient (Wildman–Crippen LogP) is 2.92. The highest BCUT2D eigenvalue weighted by Crippen LogP contribution is 2.18. The van der Waals surface area contributed by atoms with Crippen molar-refractivity contribution in [1.29, 1.82) is 0 Å². The smallest absolute Gasteiger partial charge is 0.215 e. The third-order valence-electron chi connectivity index (χ3n) is 2.34. The summed E-state index contributed by atoms with van der Waals surface area (Å²) in [6.45, 7) is 9.32. The van der Waals surface area contributed by atoms with E-state index < -0.39 is 5.82 Å². The van der Waals surface area contributed by atoms with E-state index in [4.69, 9.17) is 4.74 Å². The van der Waals surface area contributed by atoms with Gasteiger partial charge in [-0.05, 0) is 45.1 Å². The summed E-state index contributed by atoms with van der Waals surface area (Å²) in [6, 6.07) is 6.44. The van der Waals surface area contributed by atoms with Crippen LogP contribution in [0.15, 0.2) is 24.4 Å². The quantitative estimate of drug-likeness (QED) is 0.778. The number of halogens is 1. The van der Waals surface area contributed by atoms with Crippen LogP contribution < -0.4 is 10.1 Å². The van der Waals surface area contributed by atoms with Crippen LogP contribution in [-0.4, -0.2) is 18.4 Å². The van der Waals surface area contributed by atoms with Crippen molar-refractivity contribution in [2.24, 2.45) is 0 Å². The second kappa shape index (κ2) is 7.34. The SMILES string of the molecule is C=C(C)NC[C@H](C)Oc1cc(/C=C/C(C)=O)c#cc1F. The third kappa shape index (κ3) is 5.57. The van der Waals surface area contributed by atoms with Crippen molar-refractivity contribution >= 4 is 11.9 Å². The van der Waals surface area contributed by atoms with Crippen LogP contribution in [-0.2, 0) is 4.79 Å². The van der Waals surface area contributed by atoms with E-state index in [1.807, 2.05) is 13.8 Å². The summed E-state index contributed by atoms with van der Waals surface area (Å²) in [5.41, 5.74) is 1.36. The molecule has 1 N–H and O–H groups in total. The van der Waals surface area contributed by atoms with Crippen LogP contribution in [0.25, 0.3) is 6.08 Å². The Morgan fingerprint density at radius 3 is 2.85 bits per heavy atom. The first-order chi connectivity index (χ1) is 9.38. The van der Waals surface area contributed by atoms with Crippen LogP contribution in [0.4, 0.5) is 4.39 Å². The van der Waals surface area contributed by atoms with E-state index in [1.54, 1.807) is 6.08 Å². The molecule has 1 aromatic carbocycles. The molecule has 0 saturated heterocycles. The van der Waals surface area contributed by atoms with Gasteiger partial charge in [0.15, 0.2) is 11.5 Å². The van der Waals surface area contributed by atoms with Crippen molar-refractivity contribution < 1.29 is 13.9 Å². The number of ether oxygens (including phenoxy) is 1. The Hall–Kier alpha value is -2.28. The summed E-state index contributed by atoms with van der Waals surface area (Å²) >= 11 is 0. The van der Waals surface area contributed by atoms with Crippen LogP contribution in [0.5, 0.6) is 5.75 Å².